The number of H-pyrrole nitrogens is 1. The van der Waals surface area contributed by atoms with E-state index in [0.717, 1.165) is 10.0 Å². The van der Waals surface area contributed by atoms with E-state index in [2.05, 4.69) is 41.8 Å². The molecule has 96 valence electrons. The summed E-state index contributed by atoms with van der Waals surface area (Å²) in [7, 11) is 0. The fourth-order valence-corrected chi connectivity index (χ4v) is 2.53. The maximum Gasteiger partial charge on any atom is 0.139 e. The first kappa shape index (κ1) is 12.6. The number of aromatic amines is 1. The second-order valence-electron chi connectivity index (χ2n) is 4.11. The summed E-state index contributed by atoms with van der Waals surface area (Å²) in [6.07, 6.45) is 0. The van der Waals surface area contributed by atoms with Crippen LogP contribution in [0.4, 0.5) is 10.1 Å². The van der Waals surface area contributed by atoms with Crippen LogP contribution in [-0.4, -0.2) is 9.97 Å². The normalized spacial score (nSPS) is 11.1. The lowest BCUT2D eigenvalue weighted by molar-refractivity contribution is 0.623. The Morgan fingerprint density at radius 3 is 2.63 bits per heavy atom. The monoisotopic (exact) mass is 383 g/mol. The zero-order chi connectivity index (χ0) is 13.6. The third-order valence-corrected chi connectivity index (χ3v) is 4.09. The molecule has 0 spiro atoms. The number of fused-ring (bicyclic) bond motifs is 1. The molecule has 0 radical (unpaired) electrons. The Balaban J connectivity index is 2.17. The summed E-state index contributed by atoms with van der Waals surface area (Å²) in [6, 6.07) is 8.60. The van der Waals surface area contributed by atoms with Crippen LogP contribution in [0.2, 0.25) is 0 Å². The molecule has 3 rings (SSSR count). The van der Waals surface area contributed by atoms with Gasteiger partial charge in [-0.1, -0.05) is 0 Å². The van der Waals surface area contributed by atoms with Gasteiger partial charge in [0.15, 0.2) is 0 Å². The van der Waals surface area contributed by atoms with Crippen molar-refractivity contribution in [2.45, 2.75) is 0 Å². The molecule has 0 bridgehead atoms. The van der Waals surface area contributed by atoms with E-state index in [4.69, 9.17) is 5.73 Å². The minimum Gasteiger partial charge on any atom is -0.398 e. The van der Waals surface area contributed by atoms with E-state index >= 15 is 0 Å². The van der Waals surface area contributed by atoms with Crippen molar-refractivity contribution in [2.24, 2.45) is 0 Å². The third kappa shape index (κ3) is 2.26. The fourth-order valence-electron chi connectivity index (χ4n) is 1.82. The topological polar surface area (TPSA) is 54.7 Å². The number of nitrogen functional groups attached to an aromatic ring is 1. The van der Waals surface area contributed by atoms with E-state index in [1.807, 2.05) is 12.1 Å². The molecule has 0 saturated carbocycles. The minimum absolute atomic E-state index is 0.318. The molecule has 0 fully saturated rings. The second kappa shape index (κ2) is 4.61. The molecule has 1 heterocycles. The summed E-state index contributed by atoms with van der Waals surface area (Å²) in [5.74, 6) is 0.356. The summed E-state index contributed by atoms with van der Waals surface area (Å²) < 4.78 is 14.7. The Hall–Kier alpha value is -1.40. The summed E-state index contributed by atoms with van der Waals surface area (Å²) in [5, 5.41) is 0. The van der Waals surface area contributed by atoms with Gasteiger partial charge in [-0.05, 0) is 56.1 Å². The molecule has 0 atom stereocenters. The highest BCUT2D eigenvalue weighted by Crippen LogP contribution is 2.28. The molecule has 0 aliphatic heterocycles. The van der Waals surface area contributed by atoms with Crippen LogP contribution in [-0.2, 0) is 0 Å². The quantitative estimate of drug-likeness (QED) is 0.608. The van der Waals surface area contributed by atoms with Crippen molar-refractivity contribution >= 4 is 48.6 Å². The molecule has 0 aliphatic carbocycles. The Kier molecular flexibility index (Phi) is 3.06. The van der Waals surface area contributed by atoms with Gasteiger partial charge in [0.2, 0.25) is 0 Å². The van der Waals surface area contributed by atoms with Crippen LogP contribution in [0.5, 0.6) is 0 Å². The molecule has 0 unspecified atom stereocenters. The second-order valence-corrected chi connectivity index (χ2v) is 5.81. The van der Waals surface area contributed by atoms with Gasteiger partial charge in [0.25, 0.3) is 0 Å². The zero-order valence-corrected chi connectivity index (χ0v) is 12.7. The third-order valence-electron chi connectivity index (χ3n) is 2.80. The van der Waals surface area contributed by atoms with Crippen molar-refractivity contribution in [3.8, 4) is 11.4 Å². The maximum absolute atomic E-state index is 13.5. The van der Waals surface area contributed by atoms with Gasteiger partial charge in [0.1, 0.15) is 11.6 Å². The number of rotatable bonds is 1. The molecule has 1 aromatic heterocycles. The molecule has 3 N–H and O–H groups in total. The van der Waals surface area contributed by atoms with E-state index in [9.17, 15) is 4.39 Å². The number of benzene rings is 2. The van der Waals surface area contributed by atoms with Crippen LogP contribution >= 0.6 is 31.9 Å². The van der Waals surface area contributed by atoms with Crippen LogP contribution in [0.25, 0.3) is 22.4 Å². The van der Waals surface area contributed by atoms with Gasteiger partial charge in [-0.3, -0.25) is 0 Å². The van der Waals surface area contributed by atoms with Gasteiger partial charge in [-0.2, -0.15) is 0 Å². The standard InChI is InChI=1S/C13H8Br2FN3/c14-7-4-11-12(5-9(7)16)19-13(18-11)6-1-2-10(17)8(15)3-6/h1-5H,17H2,(H,18,19). The SMILES string of the molecule is Nc1ccc(-c2nc3cc(Br)c(F)cc3[nH]2)cc1Br. The lowest BCUT2D eigenvalue weighted by Gasteiger charge is -2.00. The summed E-state index contributed by atoms with van der Waals surface area (Å²) >= 11 is 6.53. The highest BCUT2D eigenvalue weighted by atomic mass is 79.9. The van der Waals surface area contributed by atoms with Crippen molar-refractivity contribution in [1.82, 2.24) is 9.97 Å². The Labute approximate surface area is 125 Å². The molecule has 6 heteroatoms. The van der Waals surface area contributed by atoms with E-state index in [-0.39, 0.29) is 5.82 Å². The van der Waals surface area contributed by atoms with Gasteiger partial charge in [0, 0.05) is 21.8 Å². The van der Waals surface area contributed by atoms with Crippen LogP contribution in [0.1, 0.15) is 0 Å². The first-order chi connectivity index (χ1) is 9.04. The Bertz CT molecular complexity index is 744. The first-order valence-electron chi connectivity index (χ1n) is 5.45. The zero-order valence-electron chi connectivity index (χ0n) is 9.55. The number of aromatic nitrogens is 2. The van der Waals surface area contributed by atoms with E-state index < -0.39 is 0 Å². The largest absolute Gasteiger partial charge is 0.398 e. The minimum atomic E-state index is -0.318. The number of nitrogens with one attached hydrogen (secondary N) is 1. The van der Waals surface area contributed by atoms with Crippen molar-refractivity contribution in [1.29, 1.82) is 0 Å². The van der Waals surface area contributed by atoms with Gasteiger partial charge in [-0.15, -0.1) is 0 Å². The average molecular weight is 385 g/mol. The van der Waals surface area contributed by atoms with E-state index in [0.29, 0.717) is 27.0 Å². The van der Waals surface area contributed by atoms with Crippen molar-refractivity contribution in [3.05, 3.63) is 45.1 Å². The first-order valence-corrected chi connectivity index (χ1v) is 7.03. The molecule has 3 nitrogen and oxygen atoms in total. The van der Waals surface area contributed by atoms with Gasteiger partial charge < -0.3 is 10.7 Å². The lowest BCUT2D eigenvalue weighted by Crippen LogP contribution is -1.87. The summed E-state index contributed by atoms with van der Waals surface area (Å²) in [6.45, 7) is 0. The molecule has 0 amide bonds. The number of anilines is 1. The molecule has 2 aromatic carbocycles. The molecule has 0 aliphatic rings. The predicted octanol–water partition coefficient (Wildman–Crippen LogP) is 4.48. The van der Waals surface area contributed by atoms with E-state index in [1.165, 1.54) is 6.07 Å². The number of halogens is 3. The average Bonchev–Trinajstić information content (AvgIpc) is 2.76. The van der Waals surface area contributed by atoms with Crippen LogP contribution in [0.3, 0.4) is 0 Å². The highest BCUT2D eigenvalue weighted by Gasteiger charge is 2.09. The van der Waals surface area contributed by atoms with Gasteiger partial charge in [0.05, 0.1) is 15.5 Å². The molecular weight excluding hydrogens is 377 g/mol. The predicted molar refractivity (Wildman–Crippen MR) is 81.3 cm³/mol. The highest BCUT2D eigenvalue weighted by molar-refractivity contribution is 9.10. The molecule has 3 aromatic rings. The smallest absolute Gasteiger partial charge is 0.139 e. The lowest BCUT2D eigenvalue weighted by atomic mass is 10.2. The number of nitrogens with zero attached hydrogens (tertiary/aromatic N) is 1. The molecule has 19 heavy (non-hydrogen) atoms. The van der Waals surface area contributed by atoms with Crippen LogP contribution < -0.4 is 5.73 Å². The van der Waals surface area contributed by atoms with Gasteiger partial charge >= 0.3 is 0 Å². The number of imidazole rings is 1. The van der Waals surface area contributed by atoms with Crippen molar-refractivity contribution in [3.63, 3.8) is 0 Å². The summed E-state index contributed by atoms with van der Waals surface area (Å²) in [5.41, 5.74) is 8.65. The molecular formula is C13H8Br2FN3. The molecule has 0 saturated heterocycles. The van der Waals surface area contributed by atoms with Gasteiger partial charge in [-0.25, -0.2) is 9.37 Å². The summed E-state index contributed by atoms with van der Waals surface area (Å²) in [4.78, 5) is 7.53. The number of nitrogens with two attached hydrogens (primary N) is 1. The van der Waals surface area contributed by atoms with Crippen molar-refractivity contribution in [2.75, 3.05) is 5.73 Å². The van der Waals surface area contributed by atoms with E-state index in [1.54, 1.807) is 12.1 Å². The van der Waals surface area contributed by atoms with Crippen LogP contribution in [0.15, 0.2) is 39.3 Å². The number of hydrogen-bond acceptors (Lipinski definition) is 2. The maximum atomic E-state index is 13.5. The Morgan fingerprint density at radius 1 is 1.11 bits per heavy atom. The van der Waals surface area contributed by atoms with Crippen molar-refractivity contribution < 1.29 is 4.39 Å². The van der Waals surface area contributed by atoms with Crippen LogP contribution in [0, 0.1) is 5.82 Å². The fraction of sp³-hybridized carbons (Fsp3) is 0. The Morgan fingerprint density at radius 2 is 1.89 bits per heavy atom. The number of hydrogen-bond donors (Lipinski definition) is 2.